The lowest BCUT2D eigenvalue weighted by molar-refractivity contribution is -0.0126. The summed E-state index contributed by atoms with van der Waals surface area (Å²) in [5, 5.41) is 17.4. The van der Waals surface area contributed by atoms with Gasteiger partial charge in [-0.2, -0.15) is 5.26 Å². The molecule has 1 heterocycles. The SMILES string of the molecule is N#CC1(OCCO)CCCS(=O)(=O)C1. The van der Waals surface area contributed by atoms with Crippen molar-refractivity contribution in [3.63, 3.8) is 0 Å². The van der Waals surface area contributed by atoms with Gasteiger partial charge in [-0.05, 0) is 12.8 Å². The molecule has 0 saturated carbocycles. The van der Waals surface area contributed by atoms with Crippen LogP contribution in [0.25, 0.3) is 0 Å². The largest absolute Gasteiger partial charge is 0.394 e. The van der Waals surface area contributed by atoms with Crippen LogP contribution in [0.3, 0.4) is 0 Å². The van der Waals surface area contributed by atoms with Crippen LogP contribution in [0.1, 0.15) is 12.8 Å². The second-order valence-electron chi connectivity index (χ2n) is 3.37. The standard InChI is InChI=1S/C8H13NO4S/c9-6-8(13-4-3-10)2-1-5-14(11,12)7-8/h10H,1-5,7H2. The molecule has 1 aliphatic rings. The lowest BCUT2D eigenvalue weighted by Crippen LogP contribution is -2.44. The van der Waals surface area contributed by atoms with Crippen molar-refractivity contribution >= 4 is 9.84 Å². The van der Waals surface area contributed by atoms with Crippen LogP contribution in [0.2, 0.25) is 0 Å². The first-order valence-corrected chi connectivity index (χ1v) is 6.22. The number of aliphatic hydroxyl groups is 1. The molecule has 14 heavy (non-hydrogen) atoms. The van der Waals surface area contributed by atoms with E-state index in [2.05, 4.69) is 0 Å². The summed E-state index contributed by atoms with van der Waals surface area (Å²) < 4.78 is 27.7. The minimum atomic E-state index is -3.16. The number of hydrogen-bond donors (Lipinski definition) is 1. The van der Waals surface area contributed by atoms with Gasteiger partial charge in [-0.25, -0.2) is 8.42 Å². The molecule has 0 aromatic carbocycles. The van der Waals surface area contributed by atoms with Crippen LogP contribution in [0, 0.1) is 11.3 Å². The second-order valence-corrected chi connectivity index (χ2v) is 5.56. The van der Waals surface area contributed by atoms with Crippen molar-refractivity contribution in [2.75, 3.05) is 24.7 Å². The minimum Gasteiger partial charge on any atom is -0.394 e. The molecule has 5 nitrogen and oxygen atoms in total. The minimum absolute atomic E-state index is 0.00306. The monoisotopic (exact) mass is 219 g/mol. The van der Waals surface area contributed by atoms with E-state index in [1.165, 1.54) is 0 Å². The van der Waals surface area contributed by atoms with E-state index in [1.807, 2.05) is 6.07 Å². The number of nitriles is 1. The lowest BCUT2D eigenvalue weighted by atomic mass is 10.0. The molecular formula is C8H13NO4S. The van der Waals surface area contributed by atoms with Crippen LogP contribution in [0.15, 0.2) is 0 Å². The smallest absolute Gasteiger partial charge is 0.168 e. The zero-order valence-electron chi connectivity index (χ0n) is 7.77. The second kappa shape index (κ2) is 4.26. The van der Waals surface area contributed by atoms with Gasteiger partial charge >= 0.3 is 0 Å². The van der Waals surface area contributed by atoms with Gasteiger partial charge in [0.15, 0.2) is 15.4 Å². The molecule has 1 unspecified atom stereocenters. The highest BCUT2D eigenvalue weighted by atomic mass is 32.2. The Balaban J connectivity index is 2.75. The predicted molar refractivity (Wildman–Crippen MR) is 49.3 cm³/mol. The molecule has 0 aromatic heterocycles. The first kappa shape index (κ1) is 11.4. The normalized spacial score (nSPS) is 30.9. The summed E-state index contributed by atoms with van der Waals surface area (Å²) in [7, 11) is -3.16. The van der Waals surface area contributed by atoms with Crippen LogP contribution >= 0.6 is 0 Å². The molecule has 0 aliphatic carbocycles. The first-order chi connectivity index (χ1) is 6.54. The van der Waals surface area contributed by atoms with Crippen molar-refractivity contribution in [2.24, 2.45) is 0 Å². The molecule has 0 spiro atoms. The number of aliphatic hydroxyl groups excluding tert-OH is 1. The fourth-order valence-corrected chi connectivity index (χ4v) is 3.28. The number of sulfone groups is 1. The summed E-state index contributed by atoms with van der Waals surface area (Å²) in [5.41, 5.74) is -1.24. The Morgan fingerprint density at radius 3 is 2.79 bits per heavy atom. The molecule has 1 rings (SSSR count). The molecule has 6 heteroatoms. The summed E-state index contributed by atoms with van der Waals surface area (Å²) in [5.74, 6) is -0.130. The topological polar surface area (TPSA) is 87.4 Å². The molecule has 1 N–H and O–H groups in total. The Labute approximate surface area is 83.2 Å². The van der Waals surface area contributed by atoms with Crippen molar-refractivity contribution in [3.8, 4) is 6.07 Å². The molecule has 0 aromatic rings. The van der Waals surface area contributed by atoms with Crippen LogP contribution < -0.4 is 0 Å². The third kappa shape index (κ3) is 2.67. The number of nitrogens with zero attached hydrogens (tertiary/aromatic N) is 1. The van der Waals surface area contributed by atoms with Crippen molar-refractivity contribution < 1.29 is 18.3 Å². The highest BCUT2D eigenvalue weighted by Crippen LogP contribution is 2.25. The Morgan fingerprint density at radius 2 is 2.29 bits per heavy atom. The maximum Gasteiger partial charge on any atom is 0.168 e. The van der Waals surface area contributed by atoms with E-state index in [1.54, 1.807) is 0 Å². The van der Waals surface area contributed by atoms with Crippen molar-refractivity contribution in [2.45, 2.75) is 18.4 Å². The Bertz CT molecular complexity index is 332. The van der Waals surface area contributed by atoms with Gasteiger partial charge in [0, 0.05) is 0 Å². The molecule has 1 fully saturated rings. The maximum atomic E-state index is 11.3. The fourth-order valence-electron chi connectivity index (χ4n) is 1.55. The molecule has 0 radical (unpaired) electrons. The summed E-state index contributed by atoms with van der Waals surface area (Å²) in [6.07, 6.45) is 0.865. The van der Waals surface area contributed by atoms with Crippen molar-refractivity contribution in [1.82, 2.24) is 0 Å². The third-order valence-electron chi connectivity index (χ3n) is 2.16. The zero-order chi connectivity index (χ0) is 10.7. The molecule has 0 amide bonds. The highest BCUT2D eigenvalue weighted by Gasteiger charge is 2.40. The van der Waals surface area contributed by atoms with Gasteiger partial charge < -0.3 is 9.84 Å². The van der Waals surface area contributed by atoms with E-state index in [0.29, 0.717) is 12.8 Å². The van der Waals surface area contributed by atoms with Crippen LogP contribution in [0.4, 0.5) is 0 Å². The molecule has 0 bridgehead atoms. The van der Waals surface area contributed by atoms with Gasteiger partial charge in [-0.15, -0.1) is 0 Å². The molecule has 1 aliphatic heterocycles. The first-order valence-electron chi connectivity index (χ1n) is 4.40. The van der Waals surface area contributed by atoms with Crippen LogP contribution in [0.5, 0.6) is 0 Å². The average molecular weight is 219 g/mol. The predicted octanol–water partition coefficient (Wildman–Crippen LogP) is -0.534. The van der Waals surface area contributed by atoms with Crippen molar-refractivity contribution in [3.05, 3.63) is 0 Å². The quantitative estimate of drug-likeness (QED) is 0.689. The number of rotatable bonds is 3. The average Bonchev–Trinajstić information content (AvgIpc) is 2.13. The summed E-state index contributed by atoms with van der Waals surface area (Å²) in [6, 6.07) is 1.90. The van der Waals surface area contributed by atoms with E-state index in [9.17, 15) is 8.42 Å². The van der Waals surface area contributed by atoms with Crippen LogP contribution in [-0.4, -0.2) is 43.8 Å². The summed E-state index contributed by atoms with van der Waals surface area (Å²) in [4.78, 5) is 0. The Kier molecular flexibility index (Phi) is 3.48. The van der Waals surface area contributed by atoms with Gasteiger partial charge in [0.2, 0.25) is 0 Å². The number of ether oxygens (including phenoxy) is 1. The van der Waals surface area contributed by atoms with Gasteiger partial charge in [0.1, 0.15) is 0 Å². The Morgan fingerprint density at radius 1 is 1.57 bits per heavy atom. The van der Waals surface area contributed by atoms with E-state index in [0.717, 1.165) is 0 Å². The summed E-state index contributed by atoms with van der Waals surface area (Å²) in [6.45, 7) is -0.202. The summed E-state index contributed by atoms with van der Waals surface area (Å²) >= 11 is 0. The van der Waals surface area contributed by atoms with E-state index >= 15 is 0 Å². The van der Waals surface area contributed by atoms with Crippen molar-refractivity contribution in [1.29, 1.82) is 5.26 Å². The molecule has 1 saturated heterocycles. The third-order valence-corrected chi connectivity index (χ3v) is 3.98. The Hall–Kier alpha value is -0.640. The van der Waals surface area contributed by atoms with Gasteiger partial charge in [-0.3, -0.25) is 0 Å². The van der Waals surface area contributed by atoms with Crippen LogP contribution in [-0.2, 0) is 14.6 Å². The fraction of sp³-hybridized carbons (Fsp3) is 0.875. The van der Waals surface area contributed by atoms with E-state index in [-0.39, 0.29) is 24.7 Å². The van der Waals surface area contributed by atoms with Gasteiger partial charge in [-0.1, -0.05) is 0 Å². The maximum absolute atomic E-state index is 11.3. The highest BCUT2D eigenvalue weighted by molar-refractivity contribution is 7.91. The number of hydrogen-bond acceptors (Lipinski definition) is 5. The van der Waals surface area contributed by atoms with Gasteiger partial charge in [0.05, 0.1) is 30.8 Å². The van der Waals surface area contributed by atoms with E-state index in [4.69, 9.17) is 15.1 Å². The molecule has 1 atom stereocenters. The molecular weight excluding hydrogens is 206 g/mol. The van der Waals surface area contributed by atoms with Gasteiger partial charge in [0.25, 0.3) is 0 Å². The zero-order valence-corrected chi connectivity index (χ0v) is 8.59. The molecule has 80 valence electrons. The van der Waals surface area contributed by atoms with E-state index < -0.39 is 15.4 Å². The lowest BCUT2D eigenvalue weighted by Gasteiger charge is -2.30.